The Bertz CT molecular complexity index is 1360. The van der Waals surface area contributed by atoms with Crippen LogP contribution in [0.2, 0.25) is 0 Å². The van der Waals surface area contributed by atoms with E-state index in [0.717, 1.165) is 25.1 Å². The van der Waals surface area contributed by atoms with Crippen molar-refractivity contribution >= 4 is 17.4 Å². The van der Waals surface area contributed by atoms with E-state index in [1.165, 1.54) is 0 Å². The van der Waals surface area contributed by atoms with Gasteiger partial charge in [-0.1, -0.05) is 51.1 Å². The molecule has 210 valence electrons. The van der Waals surface area contributed by atoms with Gasteiger partial charge in [0.25, 0.3) is 11.7 Å². The highest BCUT2D eigenvalue weighted by molar-refractivity contribution is 6.46. The molecule has 1 saturated heterocycles. The van der Waals surface area contributed by atoms with Crippen molar-refractivity contribution in [2.75, 3.05) is 32.8 Å². The summed E-state index contributed by atoms with van der Waals surface area (Å²) in [4.78, 5) is 30.7. The van der Waals surface area contributed by atoms with Gasteiger partial charge in [0.1, 0.15) is 23.0 Å². The average molecular weight is 543 g/mol. The zero-order valence-corrected chi connectivity index (χ0v) is 23.7. The van der Waals surface area contributed by atoms with E-state index in [9.17, 15) is 14.7 Å². The number of rotatable bonds is 12. The number of aliphatic hydroxyl groups excluding tert-OH is 1. The number of carbonyl (C=O) groups excluding carboxylic acids is 2. The lowest BCUT2D eigenvalue weighted by Gasteiger charge is -2.28. The summed E-state index contributed by atoms with van der Waals surface area (Å²) >= 11 is 0. The van der Waals surface area contributed by atoms with Gasteiger partial charge in [0.15, 0.2) is 0 Å². The third kappa shape index (κ3) is 6.37. The van der Waals surface area contributed by atoms with Gasteiger partial charge in [0, 0.05) is 18.7 Å². The molecule has 7 heteroatoms. The number of hydrogen-bond acceptors (Lipinski definition) is 6. The first-order valence-corrected chi connectivity index (χ1v) is 13.9. The molecular formula is C33H38N2O5. The summed E-state index contributed by atoms with van der Waals surface area (Å²) in [6, 6.07) is 21.4. The van der Waals surface area contributed by atoms with Gasteiger partial charge in [-0.3, -0.25) is 9.59 Å². The summed E-state index contributed by atoms with van der Waals surface area (Å²) in [5.74, 6) is 0.444. The molecule has 1 heterocycles. The van der Waals surface area contributed by atoms with Crippen LogP contribution in [0, 0.1) is 6.92 Å². The second kappa shape index (κ2) is 13.3. The van der Waals surface area contributed by atoms with Crippen molar-refractivity contribution in [2.45, 2.75) is 40.2 Å². The first-order valence-electron chi connectivity index (χ1n) is 13.9. The molecule has 1 amide bonds. The van der Waals surface area contributed by atoms with Gasteiger partial charge < -0.3 is 24.4 Å². The first kappa shape index (κ1) is 28.9. The molecule has 1 atom stereocenters. The van der Waals surface area contributed by atoms with Gasteiger partial charge in [-0.2, -0.15) is 0 Å². The fourth-order valence-electron chi connectivity index (χ4n) is 4.98. The molecule has 3 aromatic carbocycles. The number of amides is 1. The first-order chi connectivity index (χ1) is 19.4. The molecule has 1 unspecified atom stereocenters. The molecule has 0 aromatic heterocycles. The van der Waals surface area contributed by atoms with Crippen molar-refractivity contribution in [3.8, 4) is 17.2 Å². The van der Waals surface area contributed by atoms with Gasteiger partial charge >= 0.3 is 0 Å². The summed E-state index contributed by atoms with van der Waals surface area (Å²) in [5.41, 5.74) is 2.01. The van der Waals surface area contributed by atoms with Gasteiger partial charge in [0.2, 0.25) is 0 Å². The summed E-state index contributed by atoms with van der Waals surface area (Å²) in [6.07, 6.45) is 0.880. The Balaban J connectivity index is 1.78. The number of likely N-dealkylation sites (tertiary alicyclic amines) is 1. The smallest absolute Gasteiger partial charge is 0.295 e. The van der Waals surface area contributed by atoms with Crippen LogP contribution in [0.4, 0.5) is 0 Å². The van der Waals surface area contributed by atoms with E-state index in [1.807, 2.05) is 74.5 Å². The Hall–Kier alpha value is -4.10. The molecule has 1 aliphatic heterocycles. The molecule has 0 radical (unpaired) electrons. The van der Waals surface area contributed by atoms with E-state index in [-0.39, 0.29) is 11.3 Å². The minimum Gasteiger partial charge on any atom is -0.507 e. The van der Waals surface area contributed by atoms with Gasteiger partial charge in [-0.05, 0) is 80.0 Å². The van der Waals surface area contributed by atoms with E-state index in [1.54, 1.807) is 17.0 Å². The van der Waals surface area contributed by atoms with E-state index in [4.69, 9.17) is 9.47 Å². The molecule has 1 aliphatic rings. The highest BCUT2D eigenvalue weighted by Gasteiger charge is 2.46. The van der Waals surface area contributed by atoms with E-state index in [2.05, 4.69) is 18.7 Å². The van der Waals surface area contributed by atoms with Crippen LogP contribution in [-0.4, -0.2) is 59.4 Å². The van der Waals surface area contributed by atoms with Crippen LogP contribution in [0.3, 0.4) is 0 Å². The van der Waals surface area contributed by atoms with Crippen molar-refractivity contribution in [3.05, 3.63) is 95.1 Å². The number of carbonyl (C=O) groups is 2. The maximum atomic E-state index is 13.5. The minimum absolute atomic E-state index is 0.0757. The maximum absolute atomic E-state index is 13.5. The number of hydrogen-bond donors (Lipinski definition) is 1. The van der Waals surface area contributed by atoms with Gasteiger partial charge in [-0.25, -0.2) is 0 Å². The van der Waals surface area contributed by atoms with Crippen molar-refractivity contribution in [1.82, 2.24) is 9.80 Å². The van der Waals surface area contributed by atoms with Crippen molar-refractivity contribution in [2.24, 2.45) is 0 Å². The Morgan fingerprint density at radius 1 is 0.900 bits per heavy atom. The van der Waals surface area contributed by atoms with Crippen LogP contribution >= 0.6 is 0 Å². The lowest BCUT2D eigenvalue weighted by Crippen LogP contribution is -2.38. The molecule has 0 aliphatic carbocycles. The highest BCUT2D eigenvalue weighted by atomic mass is 16.5. The topological polar surface area (TPSA) is 79.3 Å². The Kier molecular flexibility index (Phi) is 9.61. The third-order valence-corrected chi connectivity index (χ3v) is 7.17. The lowest BCUT2D eigenvalue weighted by molar-refractivity contribution is -0.140. The van der Waals surface area contributed by atoms with Crippen molar-refractivity contribution < 1.29 is 24.2 Å². The SMILES string of the molecule is CCCOc1ccc(/C(O)=C2\C(=O)C(=O)N(CCN(CC)CC)C2c2cccc(Oc3ccccc3)c2)c(C)c1. The van der Waals surface area contributed by atoms with Gasteiger partial charge in [0.05, 0.1) is 18.2 Å². The average Bonchev–Trinajstić information content (AvgIpc) is 3.22. The number of aryl methyl sites for hydroxylation is 1. The molecule has 40 heavy (non-hydrogen) atoms. The number of aliphatic hydroxyl groups is 1. The maximum Gasteiger partial charge on any atom is 0.295 e. The quantitative estimate of drug-likeness (QED) is 0.163. The van der Waals surface area contributed by atoms with Crippen molar-refractivity contribution in [1.29, 1.82) is 0 Å². The van der Waals surface area contributed by atoms with Crippen LogP contribution in [0.25, 0.3) is 5.76 Å². The number of ether oxygens (including phenoxy) is 2. The Morgan fingerprint density at radius 2 is 1.62 bits per heavy atom. The summed E-state index contributed by atoms with van der Waals surface area (Å²) in [7, 11) is 0. The lowest BCUT2D eigenvalue weighted by atomic mass is 9.93. The predicted octanol–water partition coefficient (Wildman–Crippen LogP) is 6.34. The number of nitrogens with zero attached hydrogens (tertiary/aromatic N) is 2. The zero-order valence-electron chi connectivity index (χ0n) is 23.7. The Labute approximate surface area is 236 Å². The number of para-hydroxylation sites is 1. The third-order valence-electron chi connectivity index (χ3n) is 7.17. The van der Waals surface area contributed by atoms with Crippen LogP contribution in [0.5, 0.6) is 17.2 Å². The summed E-state index contributed by atoms with van der Waals surface area (Å²) < 4.78 is 11.8. The molecule has 1 N–H and O–H groups in total. The number of benzene rings is 3. The molecule has 0 saturated carbocycles. The number of ketones is 1. The largest absolute Gasteiger partial charge is 0.507 e. The highest BCUT2D eigenvalue weighted by Crippen LogP contribution is 2.41. The summed E-state index contributed by atoms with van der Waals surface area (Å²) in [6.45, 7) is 11.2. The zero-order chi connectivity index (χ0) is 28.6. The number of likely N-dealkylation sites (N-methyl/N-ethyl adjacent to an activating group) is 1. The van der Waals surface area contributed by atoms with Crippen molar-refractivity contribution in [3.63, 3.8) is 0 Å². The van der Waals surface area contributed by atoms with Crippen LogP contribution in [0.1, 0.15) is 49.9 Å². The molecular weight excluding hydrogens is 504 g/mol. The minimum atomic E-state index is -0.759. The summed E-state index contributed by atoms with van der Waals surface area (Å²) in [5, 5.41) is 11.6. The van der Waals surface area contributed by atoms with E-state index < -0.39 is 17.7 Å². The number of Topliss-reactive ketones (excluding diaryl/α,β-unsaturated/α-hetero) is 1. The normalized spacial score (nSPS) is 16.5. The predicted molar refractivity (Wildman–Crippen MR) is 157 cm³/mol. The molecule has 3 aromatic rings. The van der Waals surface area contributed by atoms with E-state index >= 15 is 0 Å². The Morgan fingerprint density at radius 3 is 2.30 bits per heavy atom. The molecule has 1 fully saturated rings. The second-order valence-corrected chi connectivity index (χ2v) is 9.83. The second-order valence-electron chi connectivity index (χ2n) is 9.83. The van der Waals surface area contributed by atoms with Crippen LogP contribution in [-0.2, 0) is 9.59 Å². The standard InChI is InChI=1S/C33H38N2O5/c1-5-20-39-26-16-17-28(23(4)21-26)31(36)29-30(35(33(38)32(29)37)19-18-34(6-2)7-3)24-12-11-15-27(22-24)40-25-13-9-8-10-14-25/h8-17,21-22,30,36H,5-7,18-20H2,1-4H3/b31-29+. The fraction of sp³-hybridized carbons (Fsp3) is 0.333. The van der Waals surface area contributed by atoms with Gasteiger partial charge in [-0.15, -0.1) is 0 Å². The van der Waals surface area contributed by atoms with E-state index in [0.29, 0.717) is 48.1 Å². The molecule has 0 spiro atoms. The molecule has 0 bridgehead atoms. The van der Waals surface area contributed by atoms with Crippen LogP contribution < -0.4 is 9.47 Å². The molecule has 7 nitrogen and oxygen atoms in total. The molecule has 4 rings (SSSR count). The van der Waals surface area contributed by atoms with Crippen LogP contribution in [0.15, 0.2) is 78.4 Å². The monoisotopic (exact) mass is 542 g/mol. The fourth-order valence-corrected chi connectivity index (χ4v) is 4.98.